The summed E-state index contributed by atoms with van der Waals surface area (Å²) in [5, 5.41) is 55.1. The molecule has 7 N–H and O–H groups in total. The molecule has 8 unspecified atom stereocenters. The van der Waals surface area contributed by atoms with Gasteiger partial charge in [0, 0.05) is 29.9 Å². The van der Waals surface area contributed by atoms with Crippen molar-refractivity contribution in [3.8, 4) is 0 Å². The van der Waals surface area contributed by atoms with Crippen LogP contribution in [0.25, 0.3) is 0 Å². The minimum absolute atomic E-state index is 0.0314. The maximum Gasteiger partial charge on any atom is 0.335 e. The number of benzene rings is 1. The summed E-state index contributed by atoms with van der Waals surface area (Å²) in [4.78, 5) is 63.9. The van der Waals surface area contributed by atoms with Crippen LogP contribution in [-0.4, -0.2) is 134 Å². The van der Waals surface area contributed by atoms with Crippen LogP contribution in [0.3, 0.4) is 0 Å². The van der Waals surface area contributed by atoms with Crippen LogP contribution in [0.2, 0.25) is 0 Å². The Morgan fingerprint density at radius 3 is 1.55 bits per heavy atom. The Kier molecular flexibility index (Phi) is 17.0. The second-order valence-corrected chi connectivity index (χ2v) is 30.2. The Labute approximate surface area is 532 Å². The second-order valence-electron chi connectivity index (χ2n) is 30.2. The van der Waals surface area contributed by atoms with Gasteiger partial charge in [-0.2, -0.15) is 0 Å². The van der Waals surface area contributed by atoms with Crippen molar-refractivity contribution in [2.24, 2.45) is 62.9 Å². The number of carbonyl (C=O) groups excluding carboxylic acids is 3. The molecule has 8 aliphatic carbocycles. The molecule has 2 saturated heterocycles. The van der Waals surface area contributed by atoms with Crippen LogP contribution in [0.15, 0.2) is 103 Å². The average Bonchev–Trinajstić information content (AvgIpc) is 1.66. The molecule has 14 rings (SSSR count). The highest BCUT2D eigenvalue weighted by atomic mass is 16.7. The molecule has 24 atom stereocenters. The molecule has 0 spiro atoms. The fourth-order valence-corrected chi connectivity index (χ4v) is 20.9. The van der Waals surface area contributed by atoms with E-state index in [4.69, 9.17) is 38.3 Å². The first-order chi connectivity index (χ1) is 43.3. The highest BCUT2D eigenvalue weighted by Gasteiger charge is 2.69. The third-order valence-corrected chi connectivity index (χ3v) is 26.4. The van der Waals surface area contributed by atoms with E-state index in [1.165, 1.54) is 35.1 Å². The lowest BCUT2D eigenvalue weighted by Gasteiger charge is -2.62. The first-order valence-electron chi connectivity index (χ1n) is 33.8. The van der Waals surface area contributed by atoms with Crippen molar-refractivity contribution in [3.63, 3.8) is 0 Å². The van der Waals surface area contributed by atoms with E-state index in [2.05, 4.69) is 39.8 Å². The number of nitrogens with two attached hydrogens (primary N) is 1. The number of aliphatic hydroxyl groups is 5. The minimum atomic E-state index is -1.26. The van der Waals surface area contributed by atoms with Crippen LogP contribution in [0.4, 0.5) is 0 Å². The van der Waals surface area contributed by atoms with Gasteiger partial charge in [-0.25, -0.2) is 9.59 Å². The van der Waals surface area contributed by atoms with Crippen molar-refractivity contribution in [2.75, 3.05) is 13.2 Å². The number of hydrogen-bond donors (Lipinski definition) is 6. The molecule has 2 aromatic heterocycles. The van der Waals surface area contributed by atoms with Gasteiger partial charge < -0.3 is 63.8 Å². The number of rotatable bonds is 10. The highest BCUT2D eigenvalue weighted by Crippen LogP contribution is 2.72. The van der Waals surface area contributed by atoms with Crippen molar-refractivity contribution < 1.29 is 72.4 Å². The van der Waals surface area contributed by atoms with E-state index < -0.39 is 72.9 Å². The zero-order chi connectivity index (χ0) is 64.5. The number of fused-ring (bicyclic) bond motifs is 11. The number of esters is 1. The highest BCUT2D eigenvalue weighted by molar-refractivity contribution is 6.21. The lowest BCUT2D eigenvalue weighted by molar-refractivity contribution is -0.275. The lowest BCUT2D eigenvalue weighted by Crippen LogP contribution is -2.63. The van der Waals surface area contributed by atoms with E-state index in [0.717, 1.165) is 114 Å². The first kappa shape index (κ1) is 64.5. The molecular formula is C72H94N2O17. The normalized spacial score (nSPS) is 44.7. The Hall–Kier alpha value is -5.19. The van der Waals surface area contributed by atoms with E-state index in [1.807, 2.05) is 26.0 Å². The van der Waals surface area contributed by atoms with E-state index in [9.17, 15) is 49.5 Å². The van der Waals surface area contributed by atoms with Gasteiger partial charge in [0.2, 0.25) is 0 Å². The maximum absolute atomic E-state index is 13.8. The number of aliphatic hydroxyl groups excluding tert-OH is 3. The smallest absolute Gasteiger partial charge is 0.335 e. The van der Waals surface area contributed by atoms with Gasteiger partial charge in [0.15, 0.2) is 12.6 Å². The number of allylic oxidation sites excluding steroid dienone is 2. The molecule has 6 saturated carbocycles. The summed E-state index contributed by atoms with van der Waals surface area (Å²) in [6.45, 7) is 14.2. The number of hydrogen-bond acceptors (Lipinski definition) is 18. The van der Waals surface area contributed by atoms with E-state index >= 15 is 0 Å². The number of carbonyl (C=O) groups is 3. The molecule has 3 aromatic rings. The molecule has 19 heteroatoms. The average molecular weight is 1260 g/mol. The summed E-state index contributed by atoms with van der Waals surface area (Å²) in [7, 11) is 0. The third-order valence-electron chi connectivity index (χ3n) is 26.4. The van der Waals surface area contributed by atoms with E-state index in [0.29, 0.717) is 23.0 Å². The molecule has 5 heterocycles. The number of imide groups is 1. The van der Waals surface area contributed by atoms with Crippen LogP contribution in [0.5, 0.6) is 0 Å². The monoisotopic (exact) mass is 1260 g/mol. The Bertz CT molecular complexity index is 3390. The molecule has 0 bridgehead atoms. The molecule has 91 heavy (non-hydrogen) atoms. The summed E-state index contributed by atoms with van der Waals surface area (Å²) in [6.07, 6.45) is 15.3. The number of nitrogens with zero attached hydrogens (tertiary/aromatic N) is 1. The molecule has 494 valence electrons. The minimum Gasteiger partial charge on any atom is -0.463 e. The molecule has 8 fully saturated rings. The van der Waals surface area contributed by atoms with Crippen LogP contribution in [0.1, 0.15) is 195 Å². The summed E-state index contributed by atoms with van der Waals surface area (Å²) in [6, 6.07) is 12.0. The number of ether oxygens (including phenoxy) is 5. The van der Waals surface area contributed by atoms with Crippen LogP contribution >= 0.6 is 0 Å². The maximum atomic E-state index is 13.8. The quantitative estimate of drug-likeness (QED) is 0.0631. The Balaban J connectivity index is 0.000000174. The SMILES string of the molecule is CC(=O)OCC1O[C@@H](O[C@@H]2C=C3CCC4C(CC[C@]5(C)[C@@H](c6ccc(=O)oc6)CC[C@]45O)[C@@]3(C)CC2)C(N2C(=O)c3ccccc3C2=O)[C@@H](C)[C@@H]1C.C[C@]12CC[C@H](O[C@@H]3OC(CO)[C@@H](O)[C@H](O)C3N)C=C1CCC1C2CC[C@]2(C)[C@@H](c3ccc(=O)oc3)CC[C@]12O. The van der Waals surface area contributed by atoms with Crippen molar-refractivity contribution in [2.45, 2.75) is 236 Å². The summed E-state index contributed by atoms with van der Waals surface area (Å²) < 4.78 is 41.2. The molecule has 3 aliphatic heterocycles. The first-order valence-corrected chi connectivity index (χ1v) is 33.8. The molecular weight excluding hydrogens is 1160 g/mol. The van der Waals surface area contributed by atoms with E-state index in [-0.39, 0.29) is 99.0 Å². The fraction of sp³-hybridized carbons (Fsp3) is 0.681. The predicted molar refractivity (Wildman–Crippen MR) is 332 cm³/mol. The molecule has 19 nitrogen and oxygen atoms in total. The zero-order valence-corrected chi connectivity index (χ0v) is 53.7. The Morgan fingerprint density at radius 2 is 1.09 bits per heavy atom. The fourth-order valence-electron chi connectivity index (χ4n) is 20.9. The van der Waals surface area contributed by atoms with Crippen LogP contribution in [-0.2, 0) is 28.5 Å². The van der Waals surface area contributed by atoms with Gasteiger partial charge in [-0.3, -0.25) is 19.3 Å². The predicted octanol–water partition coefficient (Wildman–Crippen LogP) is 8.36. The lowest BCUT2D eigenvalue weighted by atomic mass is 9.45. The molecule has 11 aliphatic rings. The largest absolute Gasteiger partial charge is 0.463 e. The van der Waals surface area contributed by atoms with Gasteiger partial charge in [0.05, 0.1) is 71.9 Å². The van der Waals surface area contributed by atoms with Crippen LogP contribution < -0.4 is 17.0 Å². The Morgan fingerprint density at radius 1 is 0.604 bits per heavy atom. The van der Waals surface area contributed by atoms with Gasteiger partial charge in [0.25, 0.3) is 11.8 Å². The third kappa shape index (κ3) is 10.4. The summed E-state index contributed by atoms with van der Waals surface area (Å²) >= 11 is 0. The van der Waals surface area contributed by atoms with Gasteiger partial charge in [0.1, 0.15) is 24.9 Å². The van der Waals surface area contributed by atoms with Gasteiger partial charge in [-0.15, -0.1) is 0 Å². The van der Waals surface area contributed by atoms with Crippen LogP contribution in [0, 0.1) is 57.2 Å². The van der Waals surface area contributed by atoms with Crippen molar-refractivity contribution in [1.82, 2.24) is 4.90 Å². The van der Waals surface area contributed by atoms with Gasteiger partial charge in [-0.05, 0) is 196 Å². The second kappa shape index (κ2) is 23.9. The standard InChI is InChI=1S/C42H51NO9.C30H43NO8/c1-23-24(2)36(43-37(46)29-8-6-7-9-30(29)38(43)47)39(52-34(23)22-49-25(3)44)51-28-14-17-40(4)27(20-28)11-12-33-32(40)15-18-41(5)31(16-19-42(33,41)48)26-10-13-35(45)50-21-26;1-28-10-7-18(38-27-24(31)26(35)25(34)22(14-32)39-27)13-17(28)4-5-21-20(28)8-11-29(2)19(9-12-30(21,29)36)16-3-6-23(33)37-15-16/h6-10,13,20-21,23-24,28,31-34,36,39,48H,11-12,14-19,22H2,1-5H3;3,6,13,15,18-22,24-27,32,34-36H,4-5,7-12,14,31H2,1-2H3/t23-,24-,28-,31+,32?,33?,34?,36?,39+,40-,41+,42-;18-,19+,20?,21?,22?,24?,25+,26+,27+,28-,29+,30-/m00/s1. The van der Waals surface area contributed by atoms with E-state index in [1.54, 1.807) is 36.8 Å². The summed E-state index contributed by atoms with van der Waals surface area (Å²) in [5.41, 5.74) is 8.63. The van der Waals surface area contributed by atoms with Gasteiger partial charge in [-0.1, -0.05) is 77.0 Å². The topological polar surface area (TPSA) is 288 Å². The van der Waals surface area contributed by atoms with Crippen molar-refractivity contribution >= 4 is 17.8 Å². The van der Waals surface area contributed by atoms with Crippen molar-refractivity contribution in [3.05, 3.63) is 127 Å². The summed E-state index contributed by atoms with van der Waals surface area (Å²) in [5.74, 6) is -0.0576. The number of amides is 2. The molecule has 0 radical (unpaired) electrons. The molecule has 2 amide bonds. The van der Waals surface area contributed by atoms with Gasteiger partial charge >= 0.3 is 17.2 Å². The molecule has 1 aromatic carbocycles. The zero-order valence-electron chi connectivity index (χ0n) is 53.7. The van der Waals surface area contributed by atoms with Crippen molar-refractivity contribution in [1.29, 1.82) is 0 Å².